The average molecular weight is 323 g/mol. The first-order valence-electron chi connectivity index (χ1n) is 4.72. The van der Waals surface area contributed by atoms with Gasteiger partial charge in [0, 0.05) is 6.54 Å². The molecule has 1 aromatic heterocycles. The highest BCUT2D eigenvalue weighted by molar-refractivity contribution is 14.1. The van der Waals surface area contributed by atoms with Gasteiger partial charge in [0.25, 0.3) is 0 Å². The van der Waals surface area contributed by atoms with Crippen LogP contribution >= 0.6 is 22.6 Å². The number of nitrogens with zero attached hydrogens (tertiary/aromatic N) is 2. The predicted molar refractivity (Wildman–Crippen MR) is 64.7 cm³/mol. The molecule has 0 aliphatic rings. The number of hydrogen-bond donors (Lipinski definition) is 1. The molecule has 0 bridgehead atoms. The number of aromatic nitrogens is 2. The topological polar surface area (TPSA) is 70.1 Å². The Bertz CT molecular complexity index is 351. The van der Waals surface area contributed by atoms with E-state index in [1.807, 2.05) is 6.92 Å². The Labute approximate surface area is 102 Å². The van der Waals surface area contributed by atoms with Crippen LogP contribution in [0.25, 0.3) is 0 Å². The van der Waals surface area contributed by atoms with E-state index < -0.39 is 0 Å². The summed E-state index contributed by atoms with van der Waals surface area (Å²) in [6.45, 7) is 4.48. The molecule has 5 nitrogen and oxygen atoms in total. The molecule has 0 fully saturated rings. The number of carbonyl (C=O) groups is 1. The van der Waals surface area contributed by atoms with Crippen LogP contribution in [0.2, 0.25) is 0 Å². The third kappa shape index (κ3) is 2.69. The van der Waals surface area contributed by atoms with Crippen molar-refractivity contribution in [1.82, 2.24) is 9.78 Å². The average Bonchev–Trinajstić information content (AvgIpc) is 2.59. The summed E-state index contributed by atoms with van der Waals surface area (Å²) in [6, 6.07) is -0.00655. The van der Waals surface area contributed by atoms with Crippen molar-refractivity contribution in [2.45, 2.75) is 19.9 Å². The molecule has 1 rings (SSSR count). The molecule has 1 unspecified atom stereocenters. The fourth-order valence-corrected chi connectivity index (χ4v) is 1.76. The smallest absolute Gasteiger partial charge is 0.357 e. The predicted octanol–water partition coefficient (Wildman–Crippen LogP) is 1.18. The monoisotopic (exact) mass is 323 g/mol. The van der Waals surface area contributed by atoms with Crippen LogP contribution in [0, 0.1) is 3.57 Å². The second-order valence-electron chi connectivity index (χ2n) is 3.09. The number of nitrogens with two attached hydrogens (primary N) is 1. The lowest BCUT2D eigenvalue weighted by Gasteiger charge is -2.12. The number of ether oxygens (including phenoxy) is 1. The second-order valence-corrected chi connectivity index (χ2v) is 4.25. The molecule has 1 aromatic rings. The molecule has 15 heavy (non-hydrogen) atoms. The Morgan fingerprint density at radius 3 is 3.00 bits per heavy atom. The van der Waals surface area contributed by atoms with E-state index in [0.717, 1.165) is 3.57 Å². The quantitative estimate of drug-likeness (QED) is 0.667. The molecule has 0 saturated carbocycles. The van der Waals surface area contributed by atoms with E-state index in [4.69, 9.17) is 10.5 Å². The van der Waals surface area contributed by atoms with E-state index in [9.17, 15) is 4.79 Å². The van der Waals surface area contributed by atoms with Crippen LogP contribution in [0.5, 0.6) is 0 Å². The summed E-state index contributed by atoms with van der Waals surface area (Å²) in [5.41, 5.74) is 6.02. The van der Waals surface area contributed by atoms with Crippen molar-refractivity contribution < 1.29 is 9.53 Å². The van der Waals surface area contributed by atoms with Gasteiger partial charge < -0.3 is 10.5 Å². The van der Waals surface area contributed by atoms with Gasteiger partial charge in [-0.1, -0.05) is 0 Å². The van der Waals surface area contributed by atoms with Crippen LogP contribution < -0.4 is 5.73 Å². The lowest BCUT2D eigenvalue weighted by atomic mass is 10.3. The minimum Gasteiger partial charge on any atom is -0.461 e. The van der Waals surface area contributed by atoms with Crippen molar-refractivity contribution in [3.05, 3.63) is 15.5 Å². The molecule has 84 valence electrons. The molecule has 0 aromatic carbocycles. The summed E-state index contributed by atoms with van der Waals surface area (Å²) in [5, 5.41) is 4.12. The molecule has 1 heterocycles. The van der Waals surface area contributed by atoms with Crippen molar-refractivity contribution in [2.75, 3.05) is 13.2 Å². The summed E-state index contributed by atoms with van der Waals surface area (Å²) in [5.74, 6) is -0.347. The maximum absolute atomic E-state index is 11.6. The van der Waals surface area contributed by atoms with Crippen LogP contribution in [0.3, 0.4) is 0 Å². The standard InChI is InChI=1S/C9H14IN3O2/c1-3-15-9(14)8-7(10)5-12-13(8)6(2)4-11/h5-6H,3-4,11H2,1-2H3. The Balaban J connectivity index is 3.03. The highest BCUT2D eigenvalue weighted by atomic mass is 127. The first kappa shape index (κ1) is 12.4. The summed E-state index contributed by atoms with van der Waals surface area (Å²) < 4.78 is 7.35. The molecule has 0 aliphatic carbocycles. The van der Waals surface area contributed by atoms with Gasteiger partial charge in [-0.25, -0.2) is 4.79 Å². The van der Waals surface area contributed by atoms with Crippen LogP contribution in [0.4, 0.5) is 0 Å². The molecular weight excluding hydrogens is 309 g/mol. The normalized spacial score (nSPS) is 12.5. The van der Waals surface area contributed by atoms with Crippen LogP contribution in [0.1, 0.15) is 30.4 Å². The van der Waals surface area contributed by atoms with Gasteiger partial charge >= 0.3 is 5.97 Å². The van der Waals surface area contributed by atoms with Crippen LogP contribution in [-0.2, 0) is 4.74 Å². The van der Waals surface area contributed by atoms with E-state index in [-0.39, 0.29) is 12.0 Å². The van der Waals surface area contributed by atoms with Gasteiger partial charge in [-0.2, -0.15) is 5.10 Å². The lowest BCUT2D eigenvalue weighted by molar-refractivity contribution is 0.0508. The minimum absolute atomic E-state index is 0.00655. The molecule has 0 aliphatic heterocycles. The first-order chi connectivity index (χ1) is 7.11. The van der Waals surface area contributed by atoms with E-state index in [0.29, 0.717) is 18.8 Å². The molecule has 0 saturated heterocycles. The fourth-order valence-electron chi connectivity index (χ4n) is 1.17. The number of hydrogen-bond acceptors (Lipinski definition) is 4. The molecule has 6 heteroatoms. The van der Waals surface area contributed by atoms with Crippen LogP contribution in [-0.4, -0.2) is 28.9 Å². The van der Waals surface area contributed by atoms with Gasteiger partial charge in [0.2, 0.25) is 0 Å². The van der Waals surface area contributed by atoms with Gasteiger partial charge in [-0.3, -0.25) is 4.68 Å². The van der Waals surface area contributed by atoms with Gasteiger partial charge in [0.15, 0.2) is 5.69 Å². The highest BCUT2D eigenvalue weighted by Crippen LogP contribution is 2.16. The van der Waals surface area contributed by atoms with Crippen molar-refractivity contribution in [1.29, 1.82) is 0 Å². The Hall–Kier alpha value is -0.630. The summed E-state index contributed by atoms with van der Waals surface area (Å²) in [4.78, 5) is 11.6. The number of halogens is 1. The number of esters is 1. The molecule has 1 atom stereocenters. The summed E-state index contributed by atoms with van der Waals surface area (Å²) >= 11 is 2.06. The van der Waals surface area contributed by atoms with Crippen LogP contribution in [0.15, 0.2) is 6.20 Å². The maximum atomic E-state index is 11.6. The van der Waals surface area contributed by atoms with Gasteiger partial charge in [0.05, 0.1) is 22.4 Å². The summed E-state index contributed by atoms with van der Waals surface area (Å²) in [7, 11) is 0. The summed E-state index contributed by atoms with van der Waals surface area (Å²) in [6.07, 6.45) is 1.64. The largest absolute Gasteiger partial charge is 0.461 e. The van der Waals surface area contributed by atoms with E-state index in [2.05, 4.69) is 27.7 Å². The van der Waals surface area contributed by atoms with E-state index in [1.165, 1.54) is 0 Å². The van der Waals surface area contributed by atoms with Gasteiger partial charge in [-0.05, 0) is 36.4 Å². The maximum Gasteiger partial charge on any atom is 0.357 e. The first-order valence-corrected chi connectivity index (χ1v) is 5.79. The Morgan fingerprint density at radius 1 is 1.80 bits per heavy atom. The molecule has 2 N–H and O–H groups in total. The molecular formula is C9H14IN3O2. The van der Waals surface area contributed by atoms with Crippen molar-refractivity contribution in [3.63, 3.8) is 0 Å². The highest BCUT2D eigenvalue weighted by Gasteiger charge is 2.20. The molecule has 0 spiro atoms. The third-order valence-corrected chi connectivity index (χ3v) is 2.77. The third-order valence-electron chi connectivity index (χ3n) is 1.98. The minimum atomic E-state index is -0.347. The van der Waals surface area contributed by atoms with E-state index >= 15 is 0 Å². The zero-order chi connectivity index (χ0) is 11.4. The fraction of sp³-hybridized carbons (Fsp3) is 0.556. The number of rotatable bonds is 4. The van der Waals surface area contributed by atoms with Crippen molar-refractivity contribution in [3.8, 4) is 0 Å². The molecule has 0 radical (unpaired) electrons. The van der Waals surface area contributed by atoms with E-state index in [1.54, 1.807) is 17.8 Å². The Kier molecular flexibility index (Phi) is 4.52. The molecule has 0 amide bonds. The Morgan fingerprint density at radius 2 is 2.47 bits per heavy atom. The SMILES string of the molecule is CCOC(=O)c1c(I)cnn1C(C)CN. The zero-order valence-electron chi connectivity index (χ0n) is 8.74. The van der Waals surface area contributed by atoms with Gasteiger partial charge in [0.1, 0.15) is 0 Å². The lowest BCUT2D eigenvalue weighted by Crippen LogP contribution is -2.22. The second kappa shape index (κ2) is 5.45. The van der Waals surface area contributed by atoms with Gasteiger partial charge in [-0.15, -0.1) is 0 Å². The van der Waals surface area contributed by atoms with Crippen molar-refractivity contribution in [2.24, 2.45) is 5.73 Å². The zero-order valence-corrected chi connectivity index (χ0v) is 10.9. The number of carbonyl (C=O) groups excluding carboxylic acids is 1. The van der Waals surface area contributed by atoms with Crippen molar-refractivity contribution >= 4 is 28.6 Å².